The Morgan fingerprint density at radius 1 is 1.25 bits per heavy atom. The Kier molecular flexibility index (Phi) is 3.82. The van der Waals surface area contributed by atoms with Crippen LogP contribution in [0.1, 0.15) is 23.2 Å². The number of piperazine rings is 1. The van der Waals surface area contributed by atoms with Gasteiger partial charge in [0.15, 0.2) is 0 Å². The maximum absolute atomic E-state index is 12.4. The van der Waals surface area contributed by atoms with Crippen molar-refractivity contribution < 1.29 is 4.79 Å². The SMILES string of the molecule is Nc1ccccc1NC(=O)c1ccc(N2CC3CCC2CN3)nc1. The second-order valence-corrected chi connectivity index (χ2v) is 6.44. The Hall–Kier alpha value is -2.60. The second-order valence-electron chi connectivity index (χ2n) is 6.44. The first-order valence-electron chi connectivity index (χ1n) is 8.32. The molecule has 0 spiro atoms. The number of benzene rings is 1. The van der Waals surface area contributed by atoms with Crippen LogP contribution in [0.3, 0.4) is 0 Å². The standard InChI is InChI=1S/C18H21N5O/c19-15-3-1-2-4-16(15)22-18(24)12-5-8-17(21-9-12)23-11-13-6-7-14(23)10-20-13/h1-5,8-9,13-14,20H,6-7,10-11,19H2,(H,22,24). The fourth-order valence-corrected chi connectivity index (χ4v) is 3.48. The quantitative estimate of drug-likeness (QED) is 0.751. The number of nitrogen functional groups attached to an aromatic ring is 1. The van der Waals surface area contributed by atoms with Crippen molar-refractivity contribution in [3.8, 4) is 0 Å². The lowest BCUT2D eigenvalue weighted by Crippen LogP contribution is -2.61. The molecule has 0 radical (unpaired) electrons. The molecule has 2 bridgehead atoms. The predicted molar refractivity (Wildman–Crippen MR) is 95.2 cm³/mol. The Bertz CT molecular complexity index is 737. The van der Waals surface area contributed by atoms with Gasteiger partial charge in [-0.1, -0.05) is 12.1 Å². The molecule has 124 valence electrons. The molecule has 1 aromatic carbocycles. The molecule has 6 heteroatoms. The van der Waals surface area contributed by atoms with Crippen molar-refractivity contribution in [2.45, 2.75) is 24.9 Å². The summed E-state index contributed by atoms with van der Waals surface area (Å²) in [6.07, 6.45) is 4.08. The Morgan fingerprint density at radius 2 is 2.12 bits per heavy atom. The summed E-state index contributed by atoms with van der Waals surface area (Å²) >= 11 is 0. The minimum atomic E-state index is -0.200. The van der Waals surface area contributed by atoms with Gasteiger partial charge in [-0.15, -0.1) is 0 Å². The van der Waals surface area contributed by atoms with E-state index < -0.39 is 0 Å². The zero-order chi connectivity index (χ0) is 16.5. The molecule has 2 unspecified atom stereocenters. The molecule has 24 heavy (non-hydrogen) atoms. The van der Waals surface area contributed by atoms with Gasteiger partial charge in [0.05, 0.1) is 16.9 Å². The van der Waals surface area contributed by atoms with Crippen LogP contribution >= 0.6 is 0 Å². The van der Waals surface area contributed by atoms with Gasteiger partial charge in [-0.05, 0) is 37.1 Å². The number of aromatic nitrogens is 1. The molecule has 6 nitrogen and oxygen atoms in total. The van der Waals surface area contributed by atoms with Crippen molar-refractivity contribution >= 4 is 23.1 Å². The summed E-state index contributed by atoms with van der Waals surface area (Å²) in [4.78, 5) is 19.2. The largest absolute Gasteiger partial charge is 0.397 e. The van der Waals surface area contributed by atoms with E-state index in [0.717, 1.165) is 18.9 Å². The van der Waals surface area contributed by atoms with Crippen molar-refractivity contribution in [2.24, 2.45) is 0 Å². The van der Waals surface area contributed by atoms with Gasteiger partial charge in [0, 0.05) is 31.4 Å². The first-order valence-corrected chi connectivity index (χ1v) is 8.32. The molecule has 3 fully saturated rings. The van der Waals surface area contributed by atoms with E-state index in [2.05, 4.69) is 20.5 Å². The van der Waals surface area contributed by atoms with Crippen molar-refractivity contribution in [2.75, 3.05) is 29.0 Å². The number of carbonyl (C=O) groups is 1. The maximum Gasteiger partial charge on any atom is 0.257 e. The molecule has 1 amide bonds. The summed E-state index contributed by atoms with van der Waals surface area (Å²) in [5.41, 5.74) is 7.56. The minimum absolute atomic E-state index is 0.200. The highest BCUT2D eigenvalue weighted by molar-refractivity contribution is 6.05. The Labute approximate surface area is 141 Å². The number of hydrogen-bond donors (Lipinski definition) is 3. The molecule has 0 aliphatic carbocycles. The number of pyridine rings is 1. The zero-order valence-electron chi connectivity index (χ0n) is 13.4. The summed E-state index contributed by atoms with van der Waals surface area (Å²) in [6, 6.07) is 12.0. The zero-order valence-corrected chi connectivity index (χ0v) is 13.4. The van der Waals surface area contributed by atoms with Gasteiger partial charge in [0.25, 0.3) is 5.91 Å². The van der Waals surface area contributed by atoms with E-state index in [1.807, 2.05) is 24.3 Å². The number of hydrogen-bond acceptors (Lipinski definition) is 5. The number of fused-ring (bicyclic) bond motifs is 3. The molecule has 5 rings (SSSR count). The van der Waals surface area contributed by atoms with Gasteiger partial charge in [-0.2, -0.15) is 0 Å². The number of anilines is 3. The third-order valence-corrected chi connectivity index (χ3v) is 4.86. The average Bonchev–Trinajstić information content (AvgIpc) is 2.64. The first kappa shape index (κ1) is 15.0. The molecule has 4 heterocycles. The lowest BCUT2D eigenvalue weighted by molar-refractivity contribution is 0.102. The molecule has 1 aromatic heterocycles. The van der Waals surface area contributed by atoms with E-state index in [9.17, 15) is 4.79 Å². The molecular formula is C18H21N5O. The number of nitrogens with zero attached hydrogens (tertiary/aromatic N) is 2. The van der Waals surface area contributed by atoms with Gasteiger partial charge in [0.2, 0.25) is 0 Å². The Morgan fingerprint density at radius 3 is 2.75 bits per heavy atom. The van der Waals surface area contributed by atoms with Crippen molar-refractivity contribution in [3.63, 3.8) is 0 Å². The molecular weight excluding hydrogens is 302 g/mol. The van der Waals surface area contributed by atoms with Crippen LogP contribution in [0.15, 0.2) is 42.6 Å². The number of carbonyl (C=O) groups excluding carboxylic acids is 1. The van der Waals surface area contributed by atoms with Gasteiger partial charge in [0.1, 0.15) is 5.82 Å². The van der Waals surface area contributed by atoms with Gasteiger partial charge in [-0.25, -0.2) is 4.98 Å². The van der Waals surface area contributed by atoms with Crippen LogP contribution in [0.5, 0.6) is 0 Å². The topological polar surface area (TPSA) is 83.3 Å². The van der Waals surface area contributed by atoms with Crippen molar-refractivity contribution in [3.05, 3.63) is 48.2 Å². The number of nitrogens with one attached hydrogen (secondary N) is 2. The van der Waals surface area contributed by atoms with Crippen LogP contribution < -0.4 is 21.3 Å². The van der Waals surface area contributed by atoms with Gasteiger partial charge >= 0.3 is 0 Å². The molecule has 3 aliphatic heterocycles. The van der Waals surface area contributed by atoms with Gasteiger partial charge in [-0.3, -0.25) is 4.79 Å². The fraction of sp³-hybridized carbons (Fsp3) is 0.333. The van der Waals surface area contributed by atoms with Crippen LogP contribution in [0, 0.1) is 0 Å². The van der Waals surface area contributed by atoms with E-state index in [4.69, 9.17) is 5.73 Å². The number of piperidine rings is 2. The van der Waals surface area contributed by atoms with E-state index in [-0.39, 0.29) is 5.91 Å². The van der Waals surface area contributed by atoms with E-state index in [1.54, 1.807) is 18.3 Å². The molecule has 3 aliphatic rings. The third-order valence-electron chi connectivity index (χ3n) is 4.86. The lowest BCUT2D eigenvalue weighted by Gasteiger charge is -2.46. The van der Waals surface area contributed by atoms with E-state index >= 15 is 0 Å². The lowest BCUT2D eigenvalue weighted by atomic mass is 9.93. The monoisotopic (exact) mass is 323 g/mol. The molecule has 2 atom stereocenters. The molecule has 2 aromatic rings. The smallest absolute Gasteiger partial charge is 0.257 e. The highest BCUT2D eigenvalue weighted by atomic mass is 16.1. The van der Waals surface area contributed by atoms with Crippen LogP contribution in [-0.2, 0) is 0 Å². The first-order chi connectivity index (χ1) is 11.7. The van der Waals surface area contributed by atoms with E-state index in [0.29, 0.717) is 29.0 Å². The van der Waals surface area contributed by atoms with Crippen LogP contribution in [0.2, 0.25) is 0 Å². The van der Waals surface area contributed by atoms with Gasteiger partial charge < -0.3 is 21.3 Å². The number of para-hydroxylation sites is 2. The molecule has 3 saturated heterocycles. The fourth-order valence-electron chi connectivity index (χ4n) is 3.48. The number of nitrogens with two attached hydrogens (primary N) is 1. The summed E-state index contributed by atoms with van der Waals surface area (Å²) in [5, 5.41) is 6.36. The highest BCUT2D eigenvalue weighted by Gasteiger charge is 2.33. The van der Waals surface area contributed by atoms with Crippen LogP contribution in [0.4, 0.5) is 17.2 Å². The summed E-state index contributed by atoms with van der Waals surface area (Å²) in [7, 11) is 0. The summed E-state index contributed by atoms with van der Waals surface area (Å²) in [5.74, 6) is 0.746. The highest BCUT2D eigenvalue weighted by Crippen LogP contribution is 2.27. The molecule has 0 saturated carbocycles. The predicted octanol–water partition coefficient (Wildman–Crippen LogP) is 1.86. The third kappa shape index (κ3) is 2.80. The van der Waals surface area contributed by atoms with Crippen molar-refractivity contribution in [1.29, 1.82) is 0 Å². The summed E-state index contributed by atoms with van der Waals surface area (Å²) in [6.45, 7) is 2.01. The minimum Gasteiger partial charge on any atom is -0.397 e. The summed E-state index contributed by atoms with van der Waals surface area (Å²) < 4.78 is 0. The normalized spacial score (nSPS) is 22.4. The van der Waals surface area contributed by atoms with Crippen LogP contribution in [-0.4, -0.2) is 36.1 Å². The second kappa shape index (κ2) is 6.13. The number of rotatable bonds is 3. The van der Waals surface area contributed by atoms with E-state index in [1.165, 1.54) is 12.8 Å². The molecule has 4 N–H and O–H groups in total. The average molecular weight is 323 g/mol. The maximum atomic E-state index is 12.4. The van der Waals surface area contributed by atoms with Crippen molar-refractivity contribution in [1.82, 2.24) is 10.3 Å². The Balaban J connectivity index is 1.47. The van der Waals surface area contributed by atoms with Crippen LogP contribution in [0.25, 0.3) is 0 Å². The number of amides is 1.